The molecular formula is C22H33N3O3S. The van der Waals surface area contributed by atoms with Crippen LogP contribution in [0.5, 0.6) is 0 Å². The molecular weight excluding hydrogens is 386 g/mol. The highest BCUT2D eigenvalue weighted by atomic mass is 32.2. The van der Waals surface area contributed by atoms with Gasteiger partial charge in [0.2, 0.25) is 10.0 Å². The summed E-state index contributed by atoms with van der Waals surface area (Å²) in [6, 6.07) is 8.16. The molecule has 160 valence electrons. The number of aryl methyl sites for hydroxylation is 1. The van der Waals surface area contributed by atoms with Crippen LogP contribution in [-0.2, 0) is 10.0 Å². The van der Waals surface area contributed by atoms with E-state index in [2.05, 4.69) is 43.0 Å². The Morgan fingerprint density at radius 1 is 1.24 bits per heavy atom. The lowest BCUT2D eigenvalue weighted by atomic mass is 9.70. The molecule has 1 aromatic rings. The van der Waals surface area contributed by atoms with E-state index in [9.17, 15) is 13.6 Å². The zero-order valence-electron chi connectivity index (χ0n) is 17.9. The lowest BCUT2D eigenvalue weighted by Gasteiger charge is -2.43. The van der Waals surface area contributed by atoms with Crippen LogP contribution in [0.15, 0.2) is 29.4 Å². The molecule has 7 heteroatoms. The molecule has 4 rings (SSSR count). The molecule has 3 atom stereocenters. The summed E-state index contributed by atoms with van der Waals surface area (Å²) in [4.78, 5) is 2.29. The lowest BCUT2D eigenvalue weighted by molar-refractivity contribution is 0.188. The van der Waals surface area contributed by atoms with E-state index in [-0.39, 0.29) is 17.2 Å². The normalized spacial score (nSPS) is 33.5. The monoisotopic (exact) mass is 419 g/mol. The van der Waals surface area contributed by atoms with Gasteiger partial charge in [0.15, 0.2) is 0 Å². The van der Waals surface area contributed by atoms with E-state index in [1.807, 2.05) is 19.1 Å². The first-order valence-electron chi connectivity index (χ1n) is 10.6. The molecule has 0 radical (unpaired) electrons. The van der Waals surface area contributed by atoms with Crippen LogP contribution < -0.4 is 4.90 Å². The molecule has 1 N–H and O–H groups in total. The Bertz CT molecular complexity index is 927. The molecule has 6 nitrogen and oxygen atoms in total. The van der Waals surface area contributed by atoms with Crippen LogP contribution in [0, 0.1) is 23.7 Å². The summed E-state index contributed by atoms with van der Waals surface area (Å²) in [7, 11) is -3.47. The van der Waals surface area contributed by atoms with E-state index in [0.717, 1.165) is 19.3 Å². The number of hydrogen-bond donors (Lipinski definition) is 1. The van der Waals surface area contributed by atoms with Crippen LogP contribution in [0.4, 0.5) is 5.69 Å². The van der Waals surface area contributed by atoms with E-state index in [1.165, 1.54) is 11.3 Å². The van der Waals surface area contributed by atoms with Crippen LogP contribution in [0.25, 0.3) is 0 Å². The SMILES string of the molecule is Cc1ccccc1N1CCN(S(=O)(=O)CC23CCC(C/C2=N\O)C3(C)C)C(C)C1. The molecule has 1 heterocycles. The molecule has 3 unspecified atom stereocenters. The molecule has 3 fully saturated rings. The highest BCUT2D eigenvalue weighted by Crippen LogP contribution is 2.64. The topological polar surface area (TPSA) is 73.2 Å². The van der Waals surface area contributed by atoms with Crippen LogP contribution in [0.1, 0.15) is 45.6 Å². The predicted octanol–water partition coefficient (Wildman–Crippen LogP) is 3.49. The Kier molecular flexibility index (Phi) is 4.97. The Balaban J connectivity index is 1.55. The van der Waals surface area contributed by atoms with Crippen LogP contribution in [0.2, 0.25) is 0 Å². The first kappa shape index (κ1) is 20.7. The second-order valence-electron chi connectivity index (χ2n) is 9.74. The van der Waals surface area contributed by atoms with Crippen molar-refractivity contribution < 1.29 is 13.6 Å². The van der Waals surface area contributed by atoms with Crippen molar-refractivity contribution in [3.63, 3.8) is 0 Å². The van der Waals surface area contributed by atoms with Crippen molar-refractivity contribution in [1.29, 1.82) is 0 Å². The van der Waals surface area contributed by atoms with Gasteiger partial charge in [0.05, 0.1) is 11.5 Å². The van der Waals surface area contributed by atoms with Crippen LogP contribution in [0.3, 0.4) is 0 Å². The second-order valence-corrected chi connectivity index (χ2v) is 11.7. The van der Waals surface area contributed by atoms with Crippen LogP contribution in [-0.4, -0.2) is 55.1 Å². The Labute approximate surface area is 174 Å². The summed E-state index contributed by atoms with van der Waals surface area (Å²) in [5, 5.41) is 13.2. The Morgan fingerprint density at radius 2 is 1.97 bits per heavy atom. The summed E-state index contributed by atoms with van der Waals surface area (Å²) in [5.41, 5.74) is 2.38. The Morgan fingerprint density at radius 3 is 2.59 bits per heavy atom. The minimum atomic E-state index is -3.47. The summed E-state index contributed by atoms with van der Waals surface area (Å²) in [5.74, 6) is 0.455. The molecule has 0 amide bonds. The first-order valence-corrected chi connectivity index (χ1v) is 12.2. The molecule has 0 spiro atoms. The van der Waals surface area contributed by atoms with Crippen molar-refractivity contribution in [2.24, 2.45) is 21.9 Å². The predicted molar refractivity (Wildman–Crippen MR) is 116 cm³/mol. The fraction of sp³-hybridized carbons (Fsp3) is 0.682. The van der Waals surface area contributed by atoms with E-state index >= 15 is 0 Å². The third-order valence-corrected chi connectivity index (χ3v) is 10.2. The summed E-state index contributed by atoms with van der Waals surface area (Å²) >= 11 is 0. The van der Waals surface area contributed by atoms with E-state index < -0.39 is 15.4 Å². The molecule has 3 aliphatic rings. The van der Waals surface area contributed by atoms with Gasteiger partial charge in [0.1, 0.15) is 0 Å². The molecule has 2 bridgehead atoms. The van der Waals surface area contributed by atoms with Crippen molar-refractivity contribution in [2.45, 2.75) is 53.0 Å². The fourth-order valence-electron chi connectivity index (χ4n) is 6.16. The van der Waals surface area contributed by atoms with Crippen molar-refractivity contribution in [2.75, 3.05) is 30.3 Å². The van der Waals surface area contributed by atoms with Crippen molar-refractivity contribution >= 4 is 21.4 Å². The van der Waals surface area contributed by atoms with E-state index in [1.54, 1.807) is 4.31 Å². The van der Waals surface area contributed by atoms with E-state index in [4.69, 9.17) is 0 Å². The van der Waals surface area contributed by atoms with Gasteiger partial charge in [0.25, 0.3) is 0 Å². The van der Waals surface area contributed by atoms with Gasteiger partial charge in [-0.2, -0.15) is 4.31 Å². The maximum absolute atomic E-state index is 13.6. The van der Waals surface area contributed by atoms with Gasteiger partial charge in [-0.05, 0) is 56.1 Å². The number of anilines is 1. The zero-order valence-corrected chi connectivity index (χ0v) is 18.7. The fourth-order valence-corrected chi connectivity index (χ4v) is 8.61. The standard InChI is InChI=1S/C22H33N3O3S/c1-16-7-5-6-8-19(16)24-11-12-25(17(2)14-24)29(27,28)15-22-10-9-18(21(22,3)4)13-20(22)23-26/h5-8,17-18,26H,9-15H2,1-4H3/b23-20+. The average molecular weight is 420 g/mol. The van der Waals surface area contributed by atoms with E-state index in [0.29, 0.717) is 31.3 Å². The molecule has 1 saturated heterocycles. The van der Waals surface area contributed by atoms with Crippen LogP contribution >= 0.6 is 0 Å². The largest absolute Gasteiger partial charge is 0.411 e. The van der Waals surface area contributed by atoms with Crippen molar-refractivity contribution in [1.82, 2.24) is 4.31 Å². The average Bonchev–Trinajstić information content (AvgIpc) is 3.02. The number of hydrogen-bond acceptors (Lipinski definition) is 5. The van der Waals surface area contributed by atoms with Gasteiger partial charge in [-0.1, -0.05) is 37.2 Å². The quantitative estimate of drug-likeness (QED) is 0.599. The maximum Gasteiger partial charge on any atom is 0.215 e. The Hall–Kier alpha value is -1.60. The van der Waals surface area contributed by atoms with Gasteiger partial charge in [-0.15, -0.1) is 0 Å². The number of oxime groups is 1. The third-order valence-electron chi connectivity index (χ3n) is 8.10. The van der Waals surface area contributed by atoms with Crippen molar-refractivity contribution in [3.8, 4) is 0 Å². The van der Waals surface area contributed by atoms with Gasteiger partial charge >= 0.3 is 0 Å². The number of para-hydroxylation sites is 1. The molecule has 2 saturated carbocycles. The number of nitrogens with zero attached hydrogens (tertiary/aromatic N) is 3. The van der Waals surface area contributed by atoms with Crippen molar-refractivity contribution in [3.05, 3.63) is 29.8 Å². The van der Waals surface area contributed by atoms with Gasteiger partial charge in [-0.25, -0.2) is 8.42 Å². The number of rotatable bonds is 4. The molecule has 2 aliphatic carbocycles. The molecule has 1 aliphatic heterocycles. The highest BCUT2D eigenvalue weighted by molar-refractivity contribution is 7.89. The summed E-state index contributed by atoms with van der Waals surface area (Å²) in [6.45, 7) is 10.3. The lowest BCUT2D eigenvalue weighted by Crippen LogP contribution is -2.56. The minimum Gasteiger partial charge on any atom is -0.411 e. The summed E-state index contributed by atoms with van der Waals surface area (Å²) in [6.07, 6.45) is 2.52. The zero-order chi connectivity index (χ0) is 21.0. The third kappa shape index (κ3) is 3.08. The number of piperazine rings is 1. The second kappa shape index (κ2) is 6.98. The number of benzene rings is 1. The maximum atomic E-state index is 13.6. The number of sulfonamides is 1. The smallest absolute Gasteiger partial charge is 0.215 e. The van der Waals surface area contributed by atoms with Gasteiger partial charge in [-0.3, -0.25) is 0 Å². The molecule has 1 aromatic carbocycles. The number of fused-ring (bicyclic) bond motifs is 2. The minimum absolute atomic E-state index is 0.0532. The first-order chi connectivity index (χ1) is 13.6. The highest BCUT2D eigenvalue weighted by Gasteiger charge is 2.64. The molecule has 0 aromatic heterocycles. The van der Waals surface area contributed by atoms with Gasteiger partial charge < -0.3 is 10.1 Å². The molecule has 29 heavy (non-hydrogen) atoms. The van der Waals surface area contributed by atoms with Gasteiger partial charge in [0, 0.05) is 36.8 Å². The summed E-state index contributed by atoms with van der Waals surface area (Å²) < 4.78 is 28.8.